The molecule has 2 fully saturated rings. The number of unbranched alkanes of at least 4 members (excludes halogenated alkanes) is 1. The predicted octanol–water partition coefficient (Wildman–Crippen LogP) is 5.08. The van der Waals surface area contributed by atoms with Crippen molar-refractivity contribution >= 4 is 29.5 Å². The Morgan fingerprint density at radius 2 is 1.76 bits per heavy atom. The van der Waals surface area contributed by atoms with Crippen LogP contribution < -0.4 is 0 Å². The molecule has 1 aromatic carbocycles. The summed E-state index contributed by atoms with van der Waals surface area (Å²) in [6, 6.07) is 9.21. The molecular formula is C34H50ClN5O6. The van der Waals surface area contributed by atoms with Crippen molar-refractivity contribution in [1.29, 1.82) is 0 Å². The van der Waals surface area contributed by atoms with Gasteiger partial charge in [-0.3, -0.25) is 14.2 Å². The van der Waals surface area contributed by atoms with Gasteiger partial charge in [-0.15, -0.1) is 0 Å². The Morgan fingerprint density at radius 1 is 1.07 bits per heavy atom. The second-order valence-corrected chi connectivity index (χ2v) is 13.9. The number of halogens is 1. The maximum Gasteiger partial charge on any atom is 0.410 e. The van der Waals surface area contributed by atoms with Crippen molar-refractivity contribution in [3.8, 4) is 5.69 Å². The number of methoxy groups -OCH3 is 1. The molecule has 0 spiro atoms. The van der Waals surface area contributed by atoms with Gasteiger partial charge >= 0.3 is 6.09 Å². The number of hydrogen-bond acceptors (Lipinski definition) is 7. The predicted molar refractivity (Wildman–Crippen MR) is 176 cm³/mol. The molecule has 2 aliphatic heterocycles. The maximum absolute atomic E-state index is 14.7. The summed E-state index contributed by atoms with van der Waals surface area (Å²) < 4.78 is 18.3. The first-order valence-corrected chi connectivity index (χ1v) is 16.7. The molecule has 254 valence electrons. The zero-order valence-corrected chi connectivity index (χ0v) is 28.9. The molecule has 2 aromatic rings. The first-order valence-electron chi connectivity index (χ1n) is 16.4. The summed E-state index contributed by atoms with van der Waals surface area (Å²) in [4.78, 5) is 51.8. The van der Waals surface area contributed by atoms with Crippen LogP contribution in [0.4, 0.5) is 4.79 Å². The summed E-state index contributed by atoms with van der Waals surface area (Å²) in [6.45, 7) is 13.0. The molecule has 1 aromatic heterocycles. The molecule has 0 radical (unpaired) electrons. The minimum Gasteiger partial charge on any atom is -0.444 e. The van der Waals surface area contributed by atoms with E-state index >= 15 is 0 Å². The molecule has 0 unspecified atom stereocenters. The minimum absolute atomic E-state index is 0.0336. The number of aromatic nitrogens is 2. The first-order chi connectivity index (χ1) is 21.9. The minimum atomic E-state index is -0.708. The molecule has 12 heteroatoms. The molecule has 2 atom stereocenters. The summed E-state index contributed by atoms with van der Waals surface area (Å²) in [7, 11) is 1.67. The number of carbonyl (C=O) groups is 3. The van der Waals surface area contributed by atoms with Crippen LogP contribution >= 0.6 is 11.6 Å². The van der Waals surface area contributed by atoms with Crippen LogP contribution in [-0.2, 0) is 25.4 Å². The fourth-order valence-electron chi connectivity index (χ4n) is 6.13. The van der Waals surface area contributed by atoms with Crippen LogP contribution in [0.3, 0.4) is 0 Å². The maximum atomic E-state index is 14.7. The quantitative estimate of drug-likeness (QED) is 0.310. The van der Waals surface area contributed by atoms with Crippen LogP contribution in [0.25, 0.3) is 5.69 Å². The first kappa shape index (κ1) is 35.7. The van der Waals surface area contributed by atoms with Gasteiger partial charge in [-0.1, -0.05) is 32.0 Å². The van der Waals surface area contributed by atoms with Crippen molar-refractivity contribution in [2.75, 3.05) is 59.7 Å². The third kappa shape index (κ3) is 9.23. The highest BCUT2D eigenvalue weighted by Gasteiger charge is 2.42. The zero-order valence-electron chi connectivity index (χ0n) is 28.2. The SMILES string of the molecule is COCCCCc1c(C(=O)N(CC(C)C)[C@H]2C[C@@H](C(=O)N3CCOCC3)CN(C(=O)OC(C)(C)C)C2)nc(Cl)n1-c1ccccc1. The van der Waals surface area contributed by atoms with Gasteiger partial charge in [0.05, 0.1) is 30.9 Å². The van der Waals surface area contributed by atoms with Crippen LogP contribution in [0.2, 0.25) is 5.28 Å². The monoisotopic (exact) mass is 659 g/mol. The van der Waals surface area contributed by atoms with Crippen molar-refractivity contribution in [2.45, 2.75) is 71.9 Å². The van der Waals surface area contributed by atoms with Gasteiger partial charge < -0.3 is 28.9 Å². The van der Waals surface area contributed by atoms with E-state index in [-0.39, 0.29) is 41.8 Å². The van der Waals surface area contributed by atoms with E-state index in [0.29, 0.717) is 52.3 Å². The number of amides is 3. The van der Waals surface area contributed by atoms with Gasteiger partial charge in [0, 0.05) is 52.1 Å². The van der Waals surface area contributed by atoms with E-state index in [1.807, 2.05) is 69.5 Å². The van der Waals surface area contributed by atoms with E-state index in [0.717, 1.165) is 24.2 Å². The summed E-state index contributed by atoms with van der Waals surface area (Å²) in [6.07, 6.45) is 2.09. The van der Waals surface area contributed by atoms with Crippen LogP contribution in [0.1, 0.15) is 70.1 Å². The average Bonchev–Trinajstić information content (AvgIpc) is 3.36. The molecule has 11 nitrogen and oxygen atoms in total. The lowest BCUT2D eigenvalue weighted by Gasteiger charge is -2.44. The number of hydrogen-bond donors (Lipinski definition) is 0. The third-order valence-electron chi connectivity index (χ3n) is 8.18. The molecule has 0 bridgehead atoms. The number of benzene rings is 1. The van der Waals surface area contributed by atoms with Crippen molar-refractivity contribution in [2.24, 2.45) is 11.8 Å². The summed E-state index contributed by atoms with van der Waals surface area (Å²) in [5, 5.41) is 0.209. The van der Waals surface area contributed by atoms with E-state index in [1.165, 1.54) is 0 Å². The van der Waals surface area contributed by atoms with Gasteiger partial charge in [0.25, 0.3) is 5.91 Å². The van der Waals surface area contributed by atoms with Crippen molar-refractivity contribution < 1.29 is 28.6 Å². The van der Waals surface area contributed by atoms with Crippen LogP contribution in [-0.4, -0.2) is 113 Å². The molecule has 0 N–H and O–H groups in total. The molecule has 0 aliphatic carbocycles. The molecule has 4 rings (SSSR count). The largest absolute Gasteiger partial charge is 0.444 e. The van der Waals surface area contributed by atoms with Gasteiger partial charge in [0.1, 0.15) is 5.60 Å². The van der Waals surface area contributed by atoms with Gasteiger partial charge in [0.15, 0.2) is 5.69 Å². The highest BCUT2D eigenvalue weighted by molar-refractivity contribution is 6.29. The number of imidazole rings is 1. The van der Waals surface area contributed by atoms with Gasteiger partial charge in [-0.2, -0.15) is 0 Å². The molecular weight excluding hydrogens is 610 g/mol. The molecule has 2 aliphatic rings. The number of nitrogens with zero attached hydrogens (tertiary/aromatic N) is 5. The van der Waals surface area contributed by atoms with Crippen LogP contribution in [0.15, 0.2) is 30.3 Å². The Hall–Kier alpha value is -3.15. The van der Waals surface area contributed by atoms with Crippen molar-refractivity contribution in [3.05, 3.63) is 47.0 Å². The summed E-state index contributed by atoms with van der Waals surface area (Å²) >= 11 is 6.77. The number of piperidine rings is 1. The molecule has 3 heterocycles. The van der Waals surface area contributed by atoms with E-state index in [4.69, 9.17) is 25.8 Å². The Morgan fingerprint density at radius 3 is 2.39 bits per heavy atom. The number of carbonyl (C=O) groups excluding carboxylic acids is 3. The Labute approximate surface area is 278 Å². The standard InChI is InChI=1S/C34H50ClN5O6/c1-24(2)21-39(31(42)29-28(14-10-11-17-44-6)40(32(35)36-29)26-12-8-7-9-13-26)27-20-25(30(41)37-15-18-45-19-16-37)22-38(23-27)33(43)46-34(3,4)5/h7-9,12-13,24-25,27H,10-11,14-23H2,1-6H3/t25-,27+/m1/s1. The second-order valence-electron chi connectivity index (χ2n) is 13.6. The summed E-state index contributed by atoms with van der Waals surface area (Å²) in [5.74, 6) is -0.675. The number of rotatable bonds is 11. The fourth-order valence-corrected chi connectivity index (χ4v) is 6.41. The highest BCUT2D eigenvalue weighted by atomic mass is 35.5. The molecule has 2 saturated heterocycles. The fraction of sp³-hybridized carbons (Fsp3) is 0.647. The van der Waals surface area contributed by atoms with Gasteiger partial charge in [-0.25, -0.2) is 9.78 Å². The van der Waals surface area contributed by atoms with E-state index in [2.05, 4.69) is 4.98 Å². The van der Waals surface area contributed by atoms with Gasteiger partial charge in [-0.05, 0) is 76.1 Å². The molecule has 46 heavy (non-hydrogen) atoms. The lowest BCUT2D eigenvalue weighted by atomic mass is 9.91. The van der Waals surface area contributed by atoms with Gasteiger partial charge in [0.2, 0.25) is 11.2 Å². The van der Waals surface area contributed by atoms with E-state index in [1.54, 1.807) is 21.8 Å². The Bertz CT molecular complexity index is 1320. The van der Waals surface area contributed by atoms with Crippen molar-refractivity contribution in [3.63, 3.8) is 0 Å². The number of morpholine rings is 1. The average molecular weight is 660 g/mol. The van der Waals surface area contributed by atoms with E-state index < -0.39 is 23.7 Å². The normalized spacial score (nSPS) is 19.0. The highest BCUT2D eigenvalue weighted by Crippen LogP contribution is 2.30. The lowest BCUT2D eigenvalue weighted by Crippen LogP contribution is -2.58. The Balaban J connectivity index is 1.72. The van der Waals surface area contributed by atoms with E-state index in [9.17, 15) is 14.4 Å². The lowest BCUT2D eigenvalue weighted by molar-refractivity contribution is -0.142. The van der Waals surface area contributed by atoms with Crippen LogP contribution in [0.5, 0.6) is 0 Å². The third-order valence-corrected chi connectivity index (χ3v) is 8.43. The molecule has 0 saturated carbocycles. The number of ether oxygens (including phenoxy) is 3. The topological polar surface area (TPSA) is 106 Å². The van der Waals surface area contributed by atoms with Crippen molar-refractivity contribution in [1.82, 2.24) is 24.3 Å². The number of para-hydroxylation sites is 1. The van der Waals surface area contributed by atoms with Crippen LogP contribution in [0, 0.1) is 11.8 Å². The molecule has 3 amide bonds. The summed E-state index contributed by atoms with van der Waals surface area (Å²) in [5.41, 5.74) is 1.13. The Kier molecular flexibility index (Phi) is 12.5. The number of likely N-dealkylation sites (tertiary alicyclic amines) is 1. The zero-order chi connectivity index (χ0) is 33.4. The second kappa shape index (κ2) is 16.1. The smallest absolute Gasteiger partial charge is 0.410 e.